The molecule has 3 aromatic carbocycles. The lowest BCUT2D eigenvalue weighted by molar-refractivity contribution is -0.139. The molecule has 2 N–H and O–H groups in total. The number of aromatic hydroxyl groups is 1. The molecule has 0 aliphatic carbocycles. The summed E-state index contributed by atoms with van der Waals surface area (Å²) < 4.78 is 23.0. The second-order valence-corrected chi connectivity index (χ2v) is 9.30. The number of phenols is 1. The van der Waals surface area contributed by atoms with E-state index in [0.717, 1.165) is 6.42 Å². The van der Waals surface area contributed by atoms with E-state index in [0.29, 0.717) is 90.4 Å². The molecular formula is C31H36O9. The van der Waals surface area contributed by atoms with Crippen molar-refractivity contribution in [1.82, 2.24) is 0 Å². The van der Waals surface area contributed by atoms with Crippen LogP contribution in [0, 0.1) is 0 Å². The van der Waals surface area contributed by atoms with E-state index in [2.05, 4.69) is 0 Å². The number of carboxylic acids is 1. The van der Waals surface area contributed by atoms with Crippen LogP contribution in [0.4, 0.5) is 0 Å². The second-order valence-electron chi connectivity index (χ2n) is 9.30. The van der Waals surface area contributed by atoms with Crippen LogP contribution in [0.15, 0.2) is 42.5 Å². The molecule has 0 unspecified atom stereocenters. The highest BCUT2D eigenvalue weighted by molar-refractivity contribution is 6.06. The molecule has 0 amide bonds. The number of carbonyl (C=O) groups is 3. The van der Waals surface area contributed by atoms with E-state index in [1.54, 1.807) is 30.3 Å². The number of rotatable bonds is 17. The summed E-state index contributed by atoms with van der Waals surface area (Å²) in [7, 11) is 0. The molecule has 0 fully saturated rings. The summed E-state index contributed by atoms with van der Waals surface area (Å²) in [5, 5.41) is 20.8. The molecule has 0 heterocycles. The highest BCUT2D eigenvalue weighted by Crippen LogP contribution is 2.37. The zero-order valence-electron chi connectivity index (χ0n) is 23.2. The van der Waals surface area contributed by atoms with Gasteiger partial charge in [0.05, 0.1) is 24.3 Å². The van der Waals surface area contributed by atoms with Gasteiger partial charge < -0.3 is 29.2 Å². The molecule has 214 valence electrons. The number of hydrogen-bond donors (Lipinski definition) is 2. The Bertz CT molecular complexity index is 1350. The number of Topliss-reactive ketones (excluding diaryl/α,β-unsaturated/α-hetero) is 2. The lowest BCUT2D eigenvalue weighted by Gasteiger charge is -2.16. The summed E-state index contributed by atoms with van der Waals surface area (Å²) in [6.45, 7) is 5.96. The molecule has 3 rings (SSSR count). The normalized spacial score (nSPS) is 10.9. The highest BCUT2D eigenvalue weighted by Gasteiger charge is 2.18. The van der Waals surface area contributed by atoms with Gasteiger partial charge in [0.1, 0.15) is 23.0 Å². The van der Waals surface area contributed by atoms with Crippen molar-refractivity contribution in [2.75, 3.05) is 33.0 Å². The van der Waals surface area contributed by atoms with Gasteiger partial charge in [0, 0.05) is 42.4 Å². The average Bonchev–Trinajstić information content (AvgIpc) is 2.92. The predicted octanol–water partition coefficient (Wildman–Crippen LogP) is 5.62. The molecule has 0 saturated heterocycles. The lowest BCUT2D eigenvalue weighted by atomic mass is 10.0. The molecule has 0 aliphatic heterocycles. The summed E-state index contributed by atoms with van der Waals surface area (Å²) in [6, 6.07) is 12.1. The molecule has 0 atom stereocenters. The Kier molecular flexibility index (Phi) is 11.3. The van der Waals surface area contributed by atoms with Crippen LogP contribution < -0.4 is 14.2 Å². The Morgan fingerprint density at radius 3 is 2.05 bits per heavy atom. The van der Waals surface area contributed by atoms with Crippen LogP contribution in [0.25, 0.3) is 10.8 Å². The van der Waals surface area contributed by atoms with Crippen molar-refractivity contribution in [2.45, 2.75) is 46.5 Å². The molecule has 0 saturated carbocycles. The summed E-state index contributed by atoms with van der Waals surface area (Å²) in [6.07, 6.45) is 2.64. The van der Waals surface area contributed by atoms with Crippen molar-refractivity contribution >= 4 is 28.3 Å². The molecule has 40 heavy (non-hydrogen) atoms. The van der Waals surface area contributed by atoms with Gasteiger partial charge in [-0.2, -0.15) is 0 Å². The molecular weight excluding hydrogens is 516 g/mol. The summed E-state index contributed by atoms with van der Waals surface area (Å²) in [5.41, 5.74) is 1.27. The Morgan fingerprint density at radius 2 is 1.43 bits per heavy atom. The van der Waals surface area contributed by atoms with Gasteiger partial charge in [0.2, 0.25) is 0 Å². The van der Waals surface area contributed by atoms with E-state index in [1.807, 2.05) is 13.0 Å². The quantitative estimate of drug-likeness (QED) is 0.162. The van der Waals surface area contributed by atoms with Crippen molar-refractivity contribution < 1.29 is 43.5 Å². The Morgan fingerprint density at radius 1 is 0.775 bits per heavy atom. The van der Waals surface area contributed by atoms with Crippen molar-refractivity contribution in [1.29, 1.82) is 0 Å². The second kappa shape index (κ2) is 14.9. The number of carboxylic acid groups (broad SMARTS) is 1. The summed E-state index contributed by atoms with van der Waals surface area (Å²) in [4.78, 5) is 35.0. The minimum Gasteiger partial charge on any atom is -0.507 e. The number of hydrogen-bond acceptors (Lipinski definition) is 8. The fourth-order valence-corrected chi connectivity index (χ4v) is 4.30. The predicted molar refractivity (Wildman–Crippen MR) is 150 cm³/mol. The van der Waals surface area contributed by atoms with Crippen LogP contribution in [0.1, 0.15) is 66.3 Å². The van der Waals surface area contributed by atoms with Gasteiger partial charge in [-0.25, -0.2) is 4.79 Å². The Balaban J connectivity index is 1.49. The van der Waals surface area contributed by atoms with E-state index >= 15 is 0 Å². The maximum atomic E-state index is 12.3. The summed E-state index contributed by atoms with van der Waals surface area (Å²) >= 11 is 0. The van der Waals surface area contributed by atoms with Gasteiger partial charge >= 0.3 is 5.97 Å². The average molecular weight is 553 g/mol. The standard InChI is InChI=1S/C31H36O9/c1-4-9-25-27(13-12-22(20(2)32)30(25)36)38-16-7-14-37-15-8-17-39-31-24-11-6-5-10-23(24)28(40-19-29(34)35)18-26(31)21(3)33/h5-6,10-13,18,36H,4,7-9,14-17,19H2,1-3H3,(H,34,35). The van der Waals surface area contributed by atoms with Crippen LogP contribution in [-0.2, 0) is 16.0 Å². The van der Waals surface area contributed by atoms with Crippen molar-refractivity contribution in [3.8, 4) is 23.0 Å². The van der Waals surface area contributed by atoms with Crippen LogP contribution in [0.5, 0.6) is 23.0 Å². The smallest absolute Gasteiger partial charge is 0.341 e. The molecule has 0 aliphatic rings. The number of ketones is 2. The van der Waals surface area contributed by atoms with Crippen molar-refractivity contribution in [2.24, 2.45) is 0 Å². The van der Waals surface area contributed by atoms with Crippen molar-refractivity contribution in [3.63, 3.8) is 0 Å². The monoisotopic (exact) mass is 552 g/mol. The van der Waals surface area contributed by atoms with E-state index in [1.165, 1.54) is 19.9 Å². The molecule has 0 spiro atoms. The van der Waals surface area contributed by atoms with E-state index in [9.17, 15) is 19.5 Å². The van der Waals surface area contributed by atoms with Crippen LogP contribution >= 0.6 is 0 Å². The zero-order chi connectivity index (χ0) is 29.1. The van der Waals surface area contributed by atoms with Gasteiger partial charge in [-0.05, 0) is 38.5 Å². The zero-order valence-corrected chi connectivity index (χ0v) is 23.2. The summed E-state index contributed by atoms with van der Waals surface area (Å²) in [5.74, 6) is -0.204. The number of benzene rings is 3. The van der Waals surface area contributed by atoms with E-state index in [-0.39, 0.29) is 17.3 Å². The first-order chi connectivity index (χ1) is 19.2. The van der Waals surface area contributed by atoms with Gasteiger partial charge in [-0.15, -0.1) is 0 Å². The molecule has 0 radical (unpaired) electrons. The number of aliphatic carboxylic acids is 1. The molecule has 3 aromatic rings. The molecule has 0 bridgehead atoms. The van der Waals surface area contributed by atoms with Gasteiger partial charge in [-0.1, -0.05) is 37.6 Å². The maximum absolute atomic E-state index is 12.3. The topological polar surface area (TPSA) is 129 Å². The number of ether oxygens (including phenoxy) is 4. The fraction of sp³-hybridized carbons (Fsp3) is 0.387. The molecule has 9 nitrogen and oxygen atoms in total. The minimum atomic E-state index is -1.11. The third kappa shape index (κ3) is 7.95. The third-order valence-electron chi connectivity index (χ3n) is 6.18. The number of phenolic OH excluding ortho intramolecular Hbond substituents is 1. The Labute approximate surface area is 233 Å². The molecule has 9 heteroatoms. The van der Waals surface area contributed by atoms with Crippen LogP contribution in [0.2, 0.25) is 0 Å². The third-order valence-corrected chi connectivity index (χ3v) is 6.18. The first-order valence-corrected chi connectivity index (χ1v) is 13.3. The van der Waals surface area contributed by atoms with Gasteiger partial charge in [-0.3, -0.25) is 9.59 Å². The maximum Gasteiger partial charge on any atom is 0.341 e. The first-order valence-electron chi connectivity index (χ1n) is 13.3. The van der Waals surface area contributed by atoms with Crippen LogP contribution in [0.3, 0.4) is 0 Å². The van der Waals surface area contributed by atoms with Gasteiger partial charge in [0.15, 0.2) is 18.2 Å². The van der Waals surface area contributed by atoms with E-state index < -0.39 is 12.6 Å². The highest BCUT2D eigenvalue weighted by atomic mass is 16.5. The SMILES string of the molecule is CCCc1c(OCCCOCCCOc2c(C(C)=O)cc(OCC(=O)O)c3ccccc23)ccc(C(C)=O)c1O. The van der Waals surface area contributed by atoms with E-state index in [4.69, 9.17) is 24.1 Å². The Hall–Kier alpha value is -4.11. The molecule has 0 aromatic heterocycles. The fourth-order valence-electron chi connectivity index (χ4n) is 4.30. The number of carbonyl (C=O) groups excluding carboxylic acids is 2. The minimum absolute atomic E-state index is 0.00812. The first kappa shape index (κ1) is 30.4. The largest absolute Gasteiger partial charge is 0.507 e. The van der Waals surface area contributed by atoms with Crippen molar-refractivity contribution in [3.05, 3.63) is 59.2 Å². The lowest BCUT2D eigenvalue weighted by Crippen LogP contribution is -2.11. The van der Waals surface area contributed by atoms with Crippen LogP contribution in [-0.4, -0.2) is 60.8 Å². The van der Waals surface area contributed by atoms with Gasteiger partial charge in [0.25, 0.3) is 0 Å². The number of fused-ring (bicyclic) bond motifs is 1.